The van der Waals surface area contributed by atoms with Crippen LogP contribution in [0, 0.1) is 5.92 Å². The fourth-order valence-corrected chi connectivity index (χ4v) is 0.650. The second-order valence-electron chi connectivity index (χ2n) is 2.55. The molecule has 0 heterocycles. The lowest BCUT2D eigenvalue weighted by molar-refractivity contribution is 0.0966. The van der Waals surface area contributed by atoms with Crippen molar-refractivity contribution in [2.45, 2.75) is 33.1 Å². The molecule has 1 saturated carbocycles. The van der Waals surface area contributed by atoms with Crippen molar-refractivity contribution in [3.8, 4) is 0 Å². The molecule has 0 radical (unpaired) electrons. The molecule has 1 aliphatic rings. The molecular formula is C8H16O3. The van der Waals surface area contributed by atoms with Crippen LogP contribution in [0.5, 0.6) is 0 Å². The lowest BCUT2D eigenvalue weighted by Gasteiger charge is -1.87. The SMILES string of the molecule is CCC1CC1.CCOC(=O)O. The van der Waals surface area contributed by atoms with Gasteiger partial charge in [0.15, 0.2) is 0 Å². The van der Waals surface area contributed by atoms with Gasteiger partial charge in [-0.05, 0) is 12.8 Å². The predicted octanol–water partition coefficient (Wildman–Crippen LogP) is 2.51. The van der Waals surface area contributed by atoms with Gasteiger partial charge in [-0.3, -0.25) is 0 Å². The molecule has 1 fully saturated rings. The maximum absolute atomic E-state index is 9.38. The molecule has 1 aliphatic carbocycles. The highest BCUT2D eigenvalue weighted by Gasteiger charge is 2.17. The minimum Gasteiger partial charge on any atom is -0.450 e. The average molecular weight is 160 g/mol. The Morgan fingerprint density at radius 1 is 1.55 bits per heavy atom. The van der Waals surface area contributed by atoms with E-state index in [1.807, 2.05) is 0 Å². The fourth-order valence-electron chi connectivity index (χ4n) is 0.650. The molecule has 11 heavy (non-hydrogen) atoms. The van der Waals surface area contributed by atoms with Gasteiger partial charge in [0.05, 0.1) is 6.61 Å². The summed E-state index contributed by atoms with van der Waals surface area (Å²) >= 11 is 0. The van der Waals surface area contributed by atoms with Crippen LogP contribution in [0.2, 0.25) is 0 Å². The number of hydrogen-bond acceptors (Lipinski definition) is 2. The quantitative estimate of drug-likeness (QED) is 0.631. The second kappa shape index (κ2) is 6.01. The molecule has 0 amide bonds. The molecule has 0 saturated heterocycles. The standard InChI is InChI=1S/C5H10.C3H6O3/c1-2-5-3-4-5;1-2-6-3(4)5/h5H,2-4H2,1H3;2H2,1H3,(H,4,5). The molecule has 0 atom stereocenters. The average Bonchev–Trinajstić information content (AvgIpc) is 2.69. The van der Waals surface area contributed by atoms with Crippen molar-refractivity contribution in [2.75, 3.05) is 6.61 Å². The highest BCUT2D eigenvalue weighted by molar-refractivity contribution is 5.56. The van der Waals surface area contributed by atoms with Gasteiger partial charge >= 0.3 is 6.16 Å². The molecule has 0 bridgehead atoms. The maximum Gasteiger partial charge on any atom is 0.505 e. The van der Waals surface area contributed by atoms with Gasteiger partial charge < -0.3 is 9.84 Å². The van der Waals surface area contributed by atoms with Crippen LogP contribution in [-0.4, -0.2) is 17.9 Å². The Hall–Kier alpha value is -0.730. The molecule has 3 nitrogen and oxygen atoms in total. The smallest absolute Gasteiger partial charge is 0.450 e. The van der Waals surface area contributed by atoms with Crippen molar-refractivity contribution < 1.29 is 14.6 Å². The summed E-state index contributed by atoms with van der Waals surface area (Å²) in [6, 6.07) is 0. The first-order chi connectivity index (χ1) is 5.20. The van der Waals surface area contributed by atoms with Gasteiger partial charge in [-0.2, -0.15) is 0 Å². The third kappa shape index (κ3) is 9.27. The summed E-state index contributed by atoms with van der Waals surface area (Å²) in [5, 5.41) is 7.69. The van der Waals surface area contributed by atoms with Crippen LogP contribution in [0.15, 0.2) is 0 Å². The zero-order valence-corrected chi connectivity index (χ0v) is 7.17. The molecule has 0 spiro atoms. The summed E-state index contributed by atoms with van der Waals surface area (Å²) in [6.07, 6.45) is 3.23. The van der Waals surface area contributed by atoms with E-state index in [9.17, 15) is 4.79 Å². The predicted molar refractivity (Wildman–Crippen MR) is 42.7 cm³/mol. The van der Waals surface area contributed by atoms with Gasteiger partial charge in [0, 0.05) is 0 Å². The summed E-state index contributed by atoms with van der Waals surface area (Å²) in [6.45, 7) is 4.11. The van der Waals surface area contributed by atoms with E-state index in [0.717, 1.165) is 5.92 Å². The van der Waals surface area contributed by atoms with E-state index in [4.69, 9.17) is 5.11 Å². The minimum atomic E-state index is -1.21. The summed E-state index contributed by atoms with van der Waals surface area (Å²) in [7, 11) is 0. The van der Waals surface area contributed by atoms with Gasteiger partial charge in [-0.15, -0.1) is 0 Å². The van der Waals surface area contributed by atoms with Gasteiger partial charge in [0.1, 0.15) is 0 Å². The normalized spacial score (nSPS) is 14.7. The van der Waals surface area contributed by atoms with E-state index in [2.05, 4.69) is 11.7 Å². The molecule has 1 rings (SSSR count). The number of rotatable bonds is 2. The van der Waals surface area contributed by atoms with Crippen LogP contribution in [-0.2, 0) is 4.74 Å². The third-order valence-electron chi connectivity index (χ3n) is 1.54. The monoisotopic (exact) mass is 160 g/mol. The fraction of sp³-hybridized carbons (Fsp3) is 0.875. The van der Waals surface area contributed by atoms with Crippen LogP contribution in [0.4, 0.5) is 4.79 Å². The van der Waals surface area contributed by atoms with Crippen LogP contribution in [0.1, 0.15) is 33.1 Å². The van der Waals surface area contributed by atoms with E-state index in [1.165, 1.54) is 19.3 Å². The number of ether oxygens (including phenoxy) is 1. The van der Waals surface area contributed by atoms with Crippen molar-refractivity contribution in [3.05, 3.63) is 0 Å². The summed E-state index contributed by atoms with van der Waals surface area (Å²) < 4.78 is 3.96. The number of carboxylic acid groups (broad SMARTS) is 1. The van der Waals surface area contributed by atoms with Gasteiger partial charge in [0.25, 0.3) is 0 Å². The third-order valence-corrected chi connectivity index (χ3v) is 1.54. The first-order valence-corrected chi connectivity index (χ1v) is 4.06. The van der Waals surface area contributed by atoms with Crippen molar-refractivity contribution in [2.24, 2.45) is 5.92 Å². The van der Waals surface area contributed by atoms with Crippen molar-refractivity contribution >= 4 is 6.16 Å². The second-order valence-corrected chi connectivity index (χ2v) is 2.55. The minimum absolute atomic E-state index is 0.231. The molecule has 0 aromatic carbocycles. The molecule has 3 heteroatoms. The topological polar surface area (TPSA) is 46.5 Å². The molecule has 0 aromatic rings. The molecule has 1 N–H and O–H groups in total. The Kier molecular flexibility index (Phi) is 5.61. The van der Waals surface area contributed by atoms with Gasteiger partial charge in [-0.1, -0.05) is 26.2 Å². The van der Waals surface area contributed by atoms with E-state index < -0.39 is 6.16 Å². The van der Waals surface area contributed by atoms with Crippen LogP contribution in [0.3, 0.4) is 0 Å². The van der Waals surface area contributed by atoms with E-state index >= 15 is 0 Å². The van der Waals surface area contributed by atoms with Gasteiger partial charge in [0.2, 0.25) is 0 Å². The zero-order valence-electron chi connectivity index (χ0n) is 7.17. The van der Waals surface area contributed by atoms with Crippen LogP contribution < -0.4 is 0 Å². The summed E-state index contributed by atoms with van der Waals surface area (Å²) in [5.41, 5.74) is 0. The first-order valence-electron chi connectivity index (χ1n) is 4.06. The number of carbonyl (C=O) groups is 1. The Bertz CT molecular complexity index is 108. The van der Waals surface area contributed by atoms with E-state index in [-0.39, 0.29) is 6.61 Å². The maximum atomic E-state index is 9.38. The van der Waals surface area contributed by atoms with Crippen molar-refractivity contribution in [1.82, 2.24) is 0 Å². The largest absolute Gasteiger partial charge is 0.505 e. The molecule has 0 unspecified atom stereocenters. The summed E-state index contributed by atoms with van der Waals surface area (Å²) in [5.74, 6) is 1.13. The van der Waals surface area contributed by atoms with Crippen LogP contribution >= 0.6 is 0 Å². The van der Waals surface area contributed by atoms with Crippen molar-refractivity contribution in [3.63, 3.8) is 0 Å². The van der Waals surface area contributed by atoms with E-state index in [0.29, 0.717) is 0 Å². The Morgan fingerprint density at radius 2 is 2.09 bits per heavy atom. The van der Waals surface area contributed by atoms with Crippen molar-refractivity contribution in [1.29, 1.82) is 0 Å². The highest BCUT2D eigenvalue weighted by atomic mass is 16.7. The molecular weight excluding hydrogens is 144 g/mol. The highest BCUT2D eigenvalue weighted by Crippen LogP contribution is 2.31. The van der Waals surface area contributed by atoms with E-state index in [1.54, 1.807) is 6.92 Å². The Balaban J connectivity index is 0.000000183. The molecule has 66 valence electrons. The molecule has 0 aromatic heterocycles. The lowest BCUT2D eigenvalue weighted by Crippen LogP contribution is -1.97. The lowest BCUT2D eigenvalue weighted by atomic mass is 10.3. The van der Waals surface area contributed by atoms with Crippen LogP contribution in [0.25, 0.3) is 0 Å². The molecule has 0 aliphatic heterocycles. The number of hydrogen-bond donors (Lipinski definition) is 1. The Labute approximate surface area is 67.4 Å². The first kappa shape index (κ1) is 10.3. The zero-order chi connectivity index (χ0) is 8.69. The summed E-state index contributed by atoms with van der Waals surface area (Å²) in [4.78, 5) is 9.38. The van der Waals surface area contributed by atoms with Gasteiger partial charge in [-0.25, -0.2) is 4.79 Å². The Morgan fingerprint density at radius 3 is 2.09 bits per heavy atom.